The third-order valence-corrected chi connectivity index (χ3v) is 3.97. The monoisotopic (exact) mass is 250 g/mol. The molecule has 1 heterocycles. The van der Waals surface area contributed by atoms with Gasteiger partial charge in [-0.2, -0.15) is 0 Å². The van der Waals surface area contributed by atoms with Crippen LogP contribution in [0.25, 0.3) is 0 Å². The average Bonchev–Trinajstić information content (AvgIpc) is 2.79. The molecule has 1 unspecified atom stereocenters. The normalized spacial score (nSPS) is 19.8. The molecule has 0 spiro atoms. The van der Waals surface area contributed by atoms with Gasteiger partial charge in [0.05, 0.1) is 5.69 Å². The van der Waals surface area contributed by atoms with Crippen LogP contribution in [0, 0.1) is 17.7 Å². The van der Waals surface area contributed by atoms with E-state index in [4.69, 9.17) is 5.73 Å². The van der Waals surface area contributed by atoms with Gasteiger partial charge in [0.25, 0.3) is 0 Å². The molecule has 0 bridgehead atoms. The molecule has 2 rings (SSSR count). The highest BCUT2D eigenvalue weighted by molar-refractivity contribution is 5.55. The maximum absolute atomic E-state index is 14.1. The summed E-state index contributed by atoms with van der Waals surface area (Å²) in [6.45, 7) is 6.99. The first-order valence-corrected chi connectivity index (χ1v) is 6.86. The summed E-state index contributed by atoms with van der Waals surface area (Å²) >= 11 is 0. The van der Waals surface area contributed by atoms with Crippen molar-refractivity contribution >= 4 is 5.69 Å². The minimum absolute atomic E-state index is 0.106. The van der Waals surface area contributed by atoms with Gasteiger partial charge in [-0.05, 0) is 42.9 Å². The van der Waals surface area contributed by atoms with Gasteiger partial charge in [0.1, 0.15) is 5.82 Å². The minimum Gasteiger partial charge on any atom is -0.369 e. The molecular formula is C15H23FN2. The summed E-state index contributed by atoms with van der Waals surface area (Å²) in [5, 5.41) is 0. The first-order chi connectivity index (χ1) is 8.63. The van der Waals surface area contributed by atoms with Crippen molar-refractivity contribution in [1.29, 1.82) is 0 Å². The van der Waals surface area contributed by atoms with E-state index >= 15 is 0 Å². The van der Waals surface area contributed by atoms with Crippen molar-refractivity contribution in [3.8, 4) is 0 Å². The zero-order valence-electron chi connectivity index (χ0n) is 11.3. The van der Waals surface area contributed by atoms with Gasteiger partial charge >= 0.3 is 0 Å². The minimum atomic E-state index is -0.106. The van der Waals surface area contributed by atoms with Gasteiger partial charge in [-0.1, -0.05) is 26.0 Å². The molecule has 2 nitrogen and oxygen atoms in total. The Bertz CT molecular complexity index is 403. The van der Waals surface area contributed by atoms with Crippen LogP contribution in [0.4, 0.5) is 10.1 Å². The lowest BCUT2D eigenvalue weighted by Gasteiger charge is -2.23. The predicted molar refractivity (Wildman–Crippen MR) is 74.3 cm³/mol. The first kappa shape index (κ1) is 13.3. The number of nitrogens with zero attached hydrogens (tertiary/aromatic N) is 1. The lowest BCUT2D eigenvalue weighted by Crippen LogP contribution is -2.24. The number of rotatable bonds is 4. The Kier molecular flexibility index (Phi) is 4.23. The topological polar surface area (TPSA) is 29.3 Å². The second kappa shape index (κ2) is 5.70. The van der Waals surface area contributed by atoms with Crippen molar-refractivity contribution in [2.24, 2.45) is 17.6 Å². The highest BCUT2D eigenvalue weighted by atomic mass is 19.1. The quantitative estimate of drug-likeness (QED) is 0.890. The number of benzene rings is 1. The molecule has 1 aliphatic heterocycles. The number of para-hydroxylation sites is 1. The molecule has 1 aliphatic rings. The summed E-state index contributed by atoms with van der Waals surface area (Å²) in [6.07, 6.45) is 1.91. The van der Waals surface area contributed by atoms with Crippen molar-refractivity contribution < 1.29 is 4.39 Å². The van der Waals surface area contributed by atoms with Crippen molar-refractivity contribution in [3.05, 3.63) is 29.6 Å². The third kappa shape index (κ3) is 2.66. The van der Waals surface area contributed by atoms with E-state index in [9.17, 15) is 4.39 Å². The highest BCUT2D eigenvalue weighted by Crippen LogP contribution is 2.32. The van der Waals surface area contributed by atoms with Crippen LogP contribution in [0.5, 0.6) is 0 Å². The summed E-state index contributed by atoms with van der Waals surface area (Å²) in [5.41, 5.74) is 7.44. The Labute approximate surface area is 109 Å². The predicted octanol–water partition coefficient (Wildman–Crippen LogP) is 2.81. The molecule has 0 amide bonds. The van der Waals surface area contributed by atoms with Gasteiger partial charge in [0, 0.05) is 13.1 Å². The zero-order valence-corrected chi connectivity index (χ0v) is 11.3. The van der Waals surface area contributed by atoms with Gasteiger partial charge in [0.15, 0.2) is 0 Å². The van der Waals surface area contributed by atoms with Crippen molar-refractivity contribution in [1.82, 2.24) is 0 Å². The Morgan fingerprint density at radius 3 is 2.83 bits per heavy atom. The molecule has 1 aromatic rings. The fourth-order valence-corrected chi connectivity index (χ4v) is 2.81. The van der Waals surface area contributed by atoms with Crippen LogP contribution >= 0.6 is 0 Å². The zero-order chi connectivity index (χ0) is 13.1. The van der Waals surface area contributed by atoms with E-state index in [1.165, 1.54) is 0 Å². The van der Waals surface area contributed by atoms with Gasteiger partial charge in [-0.3, -0.25) is 0 Å². The van der Waals surface area contributed by atoms with E-state index < -0.39 is 0 Å². The van der Waals surface area contributed by atoms with E-state index in [0.29, 0.717) is 18.4 Å². The van der Waals surface area contributed by atoms with Gasteiger partial charge in [-0.15, -0.1) is 0 Å². The number of hydrogen-bond donors (Lipinski definition) is 1. The SMILES string of the molecule is CC(C)C1CCN(c2c(F)cccc2CCN)C1. The van der Waals surface area contributed by atoms with Crippen LogP contribution in [-0.2, 0) is 6.42 Å². The number of nitrogens with two attached hydrogens (primary N) is 1. The fourth-order valence-electron chi connectivity index (χ4n) is 2.81. The maximum atomic E-state index is 14.1. The molecule has 3 heteroatoms. The van der Waals surface area contributed by atoms with Gasteiger partial charge < -0.3 is 10.6 Å². The largest absolute Gasteiger partial charge is 0.369 e. The van der Waals surface area contributed by atoms with Crippen molar-refractivity contribution in [3.63, 3.8) is 0 Å². The summed E-state index contributed by atoms with van der Waals surface area (Å²) in [5.74, 6) is 1.24. The second-order valence-electron chi connectivity index (χ2n) is 5.53. The molecule has 1 aromatic carbocycles. The molecule has 1 fully saturated rings. The van der Waals surface area contributed by atoms with E-state index in [0.717, 1.165) is 37.2 Å². The van der Waals surface area contributed by atoms with E-state index in [1.807, 2.05) is 6.07 Å². The average molecular weight is 250 g/mol. The molecule has 100 valence electrons. The smallest absolute Gasteiger partial charge is 0.146 e. The van der Waals surface area contributed by atoms with Crippen LogP contribution in [-0.4, -0.2) is 19.6 Å². The number of hydrogen-bond acceptors (Lipinski definition) is 2. The molecule has 18 heavy (non-hydrogen) atoms. The van der Waals surface area contributed by atoms with Crippen molar-refractivity contribution in [2.45, 2.75) is 26.7 Å². The van der Waals surface area contributed by atoms with E-state index in [2.05, 4.69) is 18.7 Å². The molecule has 1 atom stereocenters. The Morgan fingerprint density at radius 1 is 1.44 bits per heavy atom. The summed E-state index contributed by atoms with van der Waals surface area (Å²) in [4.78, 5) is 2.20. The summed E-state index contributed by atoms with van der Waals surface area (Å²) in [7, 11) is 0. The second-order valence-corrected chi connectivity index (χ2v) is 5.53. The molecular weight excluding hydrogens is 227 g/mol. The molecule has 1 saturated heterocycles. The maximum Gasteiger partial charge on any atom is 0.146 e. The fraction of sp³-hybridized carbons (Fsp3) is 0.600. The van der Waals surface area contributed by atoms with Crippen LogP contribution < -0.4 is 10.6 Å². The third-order valence-electron chi connectivity index (χ3n) is 3.97. The first-order valence-electron chi connectivity index (χ1n) is 6.86. The number of anilines is 1. The molecule has 2 N–H and O–H groups in total. The Morgan fingerprint density at radius 2 is 2.22 bits per heavy atom. The summed E-state index contributed by atoms with van der Waals surface area (Å²) in [6, 6.07) is 5.33. The molecule has 0 aliphatic carbocycles. The van der Waals surface area contributed by atoms with Crippen LogP contribution in [0.1, 0.15) is 25.8 Å². The van der Waals surface area contributed by atoms with Gasteiger partial charge in [-0.25, -0.2) is 4.39 Å². The molecule has 0 saturated carbocycles. The van der Waals surface area contributed by atoms with Crippen molar-refractivity contribution in [2.75, 3.05) is 24.5 Å². The summed E-state index contributed by atoms with van der Waals surface area (Å²) < 4.78 is 14.1. The molecule has 0 radical (unpaired) electrons. The molecule has 0 aromatic heterocycles. The van der Waals surface area contributed by atoms with Gasteiger partial charge in [0.2, 0.25) is 0 Å². The van der Waals surface area contributed by atoms with Crippen LogP contribution in [0.2, 0.25) is 0 Å². The van der Waals surface area contributed by atoms with Crippen LogP contribution in [0.3, 0.4) is 0 Å². The Balaban J connectivity index is 2.23. The van der Waals surface area contributed by atoms with E-state index in [1.54, 1.807) is 12.1 Å². The number of halogens is 1. The highest BCUT2D eigenvalue weighted by Gasteiger charge is 2.27. The lowest BCUT2D eigenvalue weighted by molar-refractivity contribution is 0.422. The lowest BCUT2D eigenvalue weighted by atomic mass is 9.95. The Hall–Kier alpha value is -1.09. The van der Waals surface area contributed by atoms with E-state index in [-0.39, 0.29) is 5.82 Å². The van der Waals surface area contributed by atoms with Crippen LogP contribution in [0.15, 0.2) is 18.2 Å². The standard InChI is InChI=1S/C15H23FN2/c1-11(2)13-7-9-18(10-13)15-12(6-8-17)4-3-5-14(15)16/h3-5,11,13H,6-10,17H2,1-2H3.